The minimum atomic E-state index is -2.98. The lowest BCUT2D eigenvalue weighted by molar-refractivity contribution is 0.584. The molecule has 124 valence electrons. The topological polar surface area (TPSA) is 83.8 Å². The molecule has 1 atom stereocenters. The van der Waals surface area contributed by atoms with Gasteiger partial charge in [-0.3, -0.25) is 0 Å². The Bertz CT molecular complexity index is 838. The van der Waals surface area contributed by atoms with Gasteiger partial charge in [0.2, 0.25) is 0 Å². The molecule has 0 spiro atoms. The largest absolute Gasteiger partial charge is 0.588 e. The lowest BCUT2D eigenvalue weighted by Gasteiger charge is -2.31. The first-order chi connectivity index (χ1) is 10.9. The molecule has 0 aliphatic carbocycles. The molecule has 3 rings (SSSR count). The van der Waals surface area contributed by atoms with Crippen LogP contribution in [-0.4, -0.2) is 42.6 Å². The van der Waals surface area contributed by atoms with Crippen LogP contribution in [0, 0.1) is 0 Å². The predicted molar refractivity (Wildman–Crippen MR) is 90.7 cm³/mol. The second-order valence-corrected chi connectivity index (χ2v) is 8.57. The van der Waals surface area contributed by atoms with Gasteiger partial charge in [0.1, 0.15) is 5.82 Å². The fourth-order valence-electron chi connectivity index (χ4n) is 2.75. The van der Waals surface area contributed by atoms with E-state index in [1.807, 2.05) is 17.9 Å². The summed E-state index contributed by atoms with van der Waals surface area (Å²) >= 11 is 6.60. The number of pyridine rings is 1. The maximum absolute atomic E-state index is 11.7. The quantitative estimate of drug-likeness (QED) is 0.641. The molecular formula is C13H16ClN4O3S2+. The van der Waals surface area contributed by atoms with E-state index >= 15 is 0 Å². The zero-order valence-corrected chi connectivity index (χ0v) is 14.8. The maximum atomic E-state index is 11.7. The van der Waals surface area contributed by atoms with Gasteiger partial charge in [-0.05, 0) is 23.8 Å². The van der Waals surface area contributed by atoms with E-state index in [-0.39, 0.29) is 29.4 Å². The number of nitrogens with one attached hydrogen (secondary N) is 1. The lowest BCUT2D eigenvalue weighted by Crippen LogP contribution is -2.42. The third kappa shape index (κ3) is 3.18. The van der Waals surface area contributed by atoms with Crippen molar-refractivity contribution in [3.05, 3.63) is 28.9 Å². The molecule has 0 aromatic carbocycles. The molecule has 0 saturated carbocycles. The van der Waals surface area contributed by atoms with Gasteiger partial charge in [-0.2, -0.15) is 5.10 Å². The lowest BCUT2D eigenvalue weighted by atomic mass is 10.1. The Morgan fingerprint density at radius 3 is 2.74 bits per heavy atom. The van der Waals surface area contributed by atoms with Crippen LogP contribution in [0.4, 0.5) is 5.82 Å². The Morgan fingerprint density at radius 2 is 2.09 bits per heavy atom. The summed E-state index contributed by atoms with van der Waals surface area (Å²) in [4.78, 5) is 1.99. The Hall–Kier alpha value is -1.29. The normalized spacial score (nSPS) is 19.0. The minimum Gasteiger partial charge on any atom is -0.354 e. The number of halogens is 1. The average Bonchev–Trinajstić information content (AvgIpc) is 2.98. The molecule has 2 aromatic rings. The summed E-state index contributed by atoms with van der Waals surface area (Å²) in [6.07, 6.45) is 1.65. The second-order valence-electron chi connectivity index (χ2n) is 5.46. The van der Waals surface area contributed by atoms with Crippen molar-refractivity contribution >= 4 is 44.6 Å². The van der Waals surface area contributed by atoms with Crippen molar-refractivity contribution in [2.75, 3.05) is 29.5 Å². The number of nitrogens with zero attached hydrogens (tertiary/aromatic N) is 3. The summed E-state index contributed by atoms with van der Waals surface area (Å²) in [5, 5.41) is 4.86. The van der Waals surface area contributed by atoms with Crippen molar-refractivity contribution in [3.63, 3.8) is 0 Å². The van der Waals surface area contributed by atoms with Gasteiger partial charge in [0, 0.05) is 18.7 Å². The highest BCUT2D eigenvalue weighted by molar-refractivity contribution is 7.91. The molecule has 1 aliphatic heterocycles. The standard InChI is InChI=1S/C13H16ClN4O3S2/c1-9(16-22-19)10-8-11(14)12-2-3-15-18(12)13(10)17-4-6-23(20,21)7-5-17/h2-3,8-9H,4-7H2,1H3,(H,16,19)/q+1/t9-/m0/s1. The number of hydrogen-bond donors (Lipinski definition) is 1. The number of sulfone groups is 1. The van der Waals surface area contributed by atoms with E-state index in [1.54, 1.807) is 16.8 Å². The Morgan fingerprint density at radius 1 is 1.39 bits per heavy atom. The van der Waals surface area contributed by atoms with E-state index in [2.05, 4.69) is 9.82 Å². The molecule has 2 aromatic heterocycles. The van der Waals surface area contributed by atoms with Gasteiger partial charge in [-0.1, -0.05) is 11.6 Å². The van der Waals surface area contributed by atoms with E-state index in [4.69, 9.17) is 11.6 Å². The summed E-state index contributed by atoms with van der Waals surface area (Å²) in [5.74, 6) is 0.990. The van der Waals surface area contributed by atoms with E-state index in [0.29, 0.717) is 18.1 Å². The maximum Gasteiger partial charge on any atom is 0.588 e. The highest BCUT2D eigenvalue weighted by Gasteiger charge is 2.28. The number of hydrogen-bond acceptors (Lipinski definition) is 5. The van der Waals surface area contributed by atoms with Crippen LogP contribution in [-0.2, 0) is 25.9 Å². The highest BCUT2D eigenvalue weighted by Crippen LogP contribution is 2.33. The third-order valence-corrected chi connectivity index (χ3v) is 6.33. The summed E-state index contributed by atoms with van der Waals surface area (Å²) in [6.45, 7) is 2.64. The third-order valence-electron chi connectivity index (χ3n) is 3.96. The van der Waals surface area contributed by atoms with Gasteiger partial charge in [0.15, 0.2) is 9.84 Å². The molecule has 10 heteroatoms. The van der Waals surface area contributed by atoms with Crippen molar-refractivity contribution in [1.82, 2.24) is 14.3 Å². The summed E-state index contributed by atoms with van der Waals surface area (Å²) in [7, 11) is -2.98. The summed E-state index contributed by atoms with van der Waals surface area (Å²) < 4.78 is 38.7. The molecule has 1 fully saturated rings. The number of fused-ring (bicyclic) bond motifs is 1. The molecule has 1 aliphatic rings. The molecule has 0 amide bonds. The van der Waals surface area contributed by atoms with Gasteiger partial charge in [-0.25, -0.2) is 12.9 Å². The minimum absolute atomic E-state index is 0.107. The Balaban J connectivity index is 2.12. The second kappa shape index (κ2) is 6.31. The predicted octanol–water partition coefficient (Wildman–Crippen LogP) is 1.22. The molecule has 0 bridgehead atoms. The molecule has 1 saturated heterocycles. The van der Waals surface area contributed by atoms with Crippen LogP contribution >= 0.6 is 11.6 Å². The first-order valence-corrected chi connectivity index (χ1v) is 10.0. The van der Waals surface area contributed by atoms with Crippen LogP contribution in [0.3, 0.4) is 0 Å². The first-order valence-electron chi connectivity index (χ1n) is 7.09. The molecular weight excluding hydrogens is 360 g/mol. The zero-order chi connectivity index (χ0) is 16.6. The monoisotopic (exact) mass is 375 g/mol. The van der Waals surface area contributed by atoms with Gasteiger partial charge in [-0.15, -0.1) is 0 Å². The molecule has 23 heavy (non-hydrogen) atoms. The number of aromatic nitrogens is 2. The van der Waals surface area contributed by atoms with Crippen LogP contribution in [0.2, 0.25) is 5.02 Å². The molecule has 0 unspecified atom stereocenters. The molecule has 3 heterocycles. The van der Waals surface area contributed by atoms with Crippen molar-refractivity contribution in [3.8, 4) is 0 Å². The van der Waals surface area contributed by atoms with Crippen LogP contribution < -0.4 is 9.62 Å². The van der Waals surface area contributed by atoms with Crippen LogP contribution in [0.25, 0.3) is 5.52 Å². The average molecular weight is 376 g/mol. The number of rotatable bonds is 4. The highest BCUT2D eigenvalue weighted by atomic mass is 35.5. The molecule has 7 nitrogen and oxygen atoms in total. The molecule has 1 N–H and O–H groups in total. The smallest absolute Gasteiger partial charge is 0.354 e. The van der Waals surface area contributed by atoms with Gasteiger partial charge in [0.25, 0.3) is 0 Å². The SMILES string of the molecule is C[C@H](N[S+]=O)c1cc(Cl)c2ccnn2c1N1CCS(=O)(=O)CC1. The number of anilines is 1. The van der Waals surface area contributed by atoms with Gasteiger partial charge in [0.05, 0.1) is 38.5 Å². The van der Waals surface area contributed by atoms with Crippen LogP contribution in [0.1, 0.15) is 18.5 Å². The van der Waals surface area contributed by atoms with E-state index in [1.165, 1.54) is 0 Å². The summed E-state index contributed by atoms with van der Waals surface area (Å²) in [6, 6.07) is 3.36. The fraction of sp³-hybridized carbons (Fsp3) is 0.462. The Kier molecular flexibility index (Phi) is 4.54. The van der Waals surface area contributed by atoms with Crippen molar-refractivity contribution in [1.29, 1.82) is 0 Å². The van der Waals surface area contributed by atoms with Gasteiger partial charge < -0.3 is 4.90 Å². The fourth-order valence-corrected chi connectivity index (χ4v) is 4.48. The van der Waals surface area contributed by atoms with Crippen LogP contribution in [0.5, 0.6) is 0 Å². The zero-order valence-electron chi connectivity index (χ0n) is 12.4. The van der Waals surface area contributed by atoms with E-state index in [0.717, 1.165) is 16.9 Å². The molecule has 0 radical (unpaired) electrons. The van der Waals surface area contributed by atoms with Gasteiger partial charge >= 0.3 is 11.9 Å². The Labute approximate surface area is 143 Å². The van der Waals surface area contributed by atoms with E-state index < -0.39 is 9.84 Å². The van der Waals surface area contributed by atoms with E-state index in [9.17, 15) is 12.6 Å². The first kappa shape index (κ1) is 16.6. The van der Waals surface area contributed by atoms with Crippen molar-refractivity contribution in [2.24, 2.45) is 0 Å². The van der Waals surface area contributed by atoms with Crippen molar-refractivity contribution in [2.45, 2.75) is 13.0 Å². The van der Waals surface area contributed by atoms with Crippen LogP contribution in [0.15, 0.2) is 18.3 Å². The summed E-state index contributed by atoms with van der Waals surface area (Å²) in [5.41, 5.74) is 1.56. The van der Waals surface area contributed by atoms with Crippen molar-refractivity contribution < 1.29 is 12.6 Å².